The van der Waals surface area contributed by atoms with E-state index in [-0.39, 0.29) is 41.8 Å². The number of unbranched alkanes of at least 4 members (excludes halogenated alkanes) is 8. The van der Waals surface area contributed by atoms with E-state index in [0.717, 1.165) is 32.1 Å². The smallest absolute Gasteiger partial charge is 0.222 e. The van der Waals surface area contributed by atoms with E-state index in [1.54, 1.807) is 0 Å². The molecule has 0 aromatic heterocycles. The molecule has 10 nitrogen and oxygen atoms in total. The topological polar surface area (TPSA) is 135 Å². The highest BCUT2D eigenvalue weighted by molar-refractivity contribution is 5.76. The van der Waals surface area contributed by atoms with Crippen molar-refractivity contribution in [3.63, 3.8) is 0 Å². The Balaban J connectivity index is 1.80. The second-order valence-corrected chi connectivity index (χ2v) is 13.7. The monoisotopic (exact) mass is 653 g/mol. The van der Waals surface area contributed by atoms with E-state index in [1.165, 1.54) is 44.1 Å². The zero-order valence-electron chi connectivity index (χ0n) is 29.4. The Morgan fingerprint density at radius 2 is 1.24 bits per heavy atom. The van der Waals surface area contributed by atoms with Crippen molar-refractivity contribution in [2.45, 2.75) is 142 Å². The number of carbonyl (C=O) groups is 3. The minimum atomic E-state index is -0.295. The van der Waals surface area contributed by atoms with Crippen molar-refractivity contribution in [2.75, 3.05) is 52.7 Å². The molecule has 0 aromatic carbocycles. The molecule has 0 radical (unpaired) electrons. The number of rotatable bonds is 28. The average molecular weight is 654 g/mol. The molecule has 1 aliphatic rings. The Kier molecular flexibility index (Phi) is 24.7. The SMILES string of the molecule is C=C(CCCCCCCCCCC(=O)NCCOCCC(=O)NCCCNC(=O)CCCCOCC1CC(O)CCO1)C(C)(C)C. The molecule has 1 fully saturated rings. The van der Waals surface area contributed by atoms with Gasteiger partial charge in [-0.25, -0.2) is 0 Å². The van der Waals surface area contributed by atoms with Crippen LogP contribution in [0.1, 0.15) is 130 Å². The molecule has 3 amide bonds. The van der Waals surface area contributed by atoms with Gasteiger partial charge in [0.1, 0.15) is 0 Å². The number of aliphatic hydroxyl groups is 1. The van der Waals surface area contributed by atoms with Crippen molar-refractivity contribution in [2.24, 2.45) is 5.41 Å². The Morgan fingerprint density at radius 1 is 0.696 bits per heavy atom. The lowest BCUT2D eigenvalue weighted by Gasteiger charge is -2.26. The molecule has 46 heavy (non-hydrogen) atoms. The lowest BCUT2D eigenvalue weighted by atomic mass is 9.84. The van der Waals surface area contributed by atoms with E-state index in [0.29, 0.717) is 84.8 Å². The highest BCUT2D eigenvalue weighted by Crippen LogP contribution is 2.28. The summed E-state index contributed by atoms with van der Waals surface area (Å²) in [5, 5.41) is 18.2. The second-order valence-electron chi connectivity index (χ2n) is 13.7. The van der Waals surface area contributed by atoms with E-state index in [9.17, 15) is 19.5 Å². The van der Waals surface area contributed by atoms with Crippen LogP contribution in [-0.2, 0) is 28.6 Å². The molecule has 0 aliphatic carbocycles. The summed E-state index contributed by atoms with van der Waals surface area (Å²) in [5.41, 5.74) is 1.57. The fraction of sp³-hybridized carbons (Fsp3) is 0.861. The number of hydrogen-bond acceptors (Lipinski definition) is 7. The third-order valence-electron chi connectivity index (χ3n) is 8.32. The van der Waals surface area contributed by atoms with Gasteiger partial charge in [0, 0.05) is 58.5 Å². The third kappa shape index (κ3) is 25.1. The fourth-order valence-corrected chi connectivity index (χ4v) is 5.08. The van der Waals surface area contributed by atoms with Gasteiger partial charge in [-0.05, 0) is 50.4 Å². The summed E-state index contributed by atoms with van der Waals surface area (Å²) in [4.78, 5) is 35.9. The number of nitrogens with one attached hydrogen (secondary N) is 3. The van der Waals surface area contributed by atoms with Gasteiger partial charge in [0.2, 0.25) is 17.7 Å². The molecule has 1 heterocycles. The predicted octanol–water partition coefficient (Wildman–Crippen LogP) is 5.36. The van der Waals surface area contributed by atoms with Gasteiger partial charge in [-0.3, -0.25) is 14.4 Å². The summed E-state index contributed by atoms with van der Waals surface area (Å²) in [6, 6.07) is 0. The molecule has 0 saturated carbocycles. The van der Waals surface area contributed by atoms with Crippen LogP contribution in [-0.4, -0.2) is 87.7 Å². The zero-order chi connectivity index (χ0) is 33.9. The molecule has 1 rings (SSSR count). The van der Waals surface area contributed by atoms with Gasteiger partial charge in [-0.15, -0.1) is 0 Å². The van der Waals surface area contributed by atoms with Crippen LogP contribution in [0.5, 0.6) is 0 Å². The molecule has 1 aliphatic heterocycles. The van der Waals surface area contributed by atoms with Gasteiger partial charge in [-0.2, -0.15) is 0 Å². The molecule has 4 N–H and O–H groups in total. The second kappa shape index (κ2) is 27.0. The Bertz CT molecular complexity index is 831. The maximum Gasteiger partial charge on any atom is 0.222 e. The Labute approximate surface area is 279 Å². The first-order chi connectivity index (χ1) is 22.1. The van der Waals surface area contributed by atoms with Gasteiger partial charge in [-0.1, -0.05) is 71.4 Å². The Morgan fingerprint density at radius 3 is 1.85 bits per heavy atom. The van der Waals surface area contributed by atoms with Crippen molar-refractivity contribution < 1.29 is 33.7 Å². The number of carbonyl (C=O) groups excluding carboxylic acids is 3. The highest BCUT2D eigenvalue weighted by atomic mass is 16.5. The molecule has 2 unspecified atom stereocenters. The van der Waals surface area contributed by atoms with Crippen LogP contribution >= 0.6 is 0 Å². The number of aliphatic hydroxyl groups excluding tert-OH is 1. The number of allylic oxidation sites excluding steroid dienone is 1. The summed E-state index contributed by atoms with van der Waals surface area (Å²) < 4.78 is 16.6. The van der Waals surface area contributed by atoms with Crippen molar-refractivity contribution in [1.29, 1.82) is 0 Å². The van der Waals surface area contributed by atoms with Gasteiger partial charge in [0.25, 0.3) is 0 Å². The third-order valence-corrected chi connectivity index (χ3v) is 8.32. The quantitative estimate of drug-likeness (QED) is 0.0660. The van der Waals surface area contributed by atoms with Gasteiger partial charge < -0.3 is 35.3 Å². The van der Waals surface area contributed by atoms with E-state index in [1.807, 2.05) is 0 Å². The van der Waals surface area contributed by atoms with Crippen LogP contribution in [0.25, 0.3) is 0 Å². The standard InChI is InChI=1S/C36H67N3O7/c1-30(36(2,3)4)16-11-9-7-5-6-8-10-12-17-34(42)39-23-27-44-25-20-35(43)38-22-15-21-37-33(41)18-13-14-24-45-29-32-28-31(40)19-26-46-32/h31-32,40H,1,5-29H2,2-4H3,(H,37,41)(H,38,43)(H,39,42). The molecule has 0 aromatic rings. The lowest BCUT2D eigenvalue weighted by Crippen LogP contribution is -2.32. The zero-order valence-corrected chi connectivity index (χ0v) is 29.4. The molecular weight excluding hydrogens is 586 g/mol. The molecule has 0 bridgehead atoms. The molecule has 268 valence electrons. The van der Waals surface area contributed by atoms with E-state index in [2.05, 4.69) is 43.3 Å². The van der Waals surface area contributed by atoms with Crippen LogP contribution in [0.15, 0.2) is 12.2 Å². The van der Waals surface area contributed by atoms with Crippen molar-refractivity contribution >= 4 is 17.7 Å². The predicted molar refractivity (Wildman–Crippen MR) is 183 cm³/mol. The van der Waals surface area contributed by atoms with Crippen LogP contribution in [0.3, 0.4) is 0 Å². The fourth-order valence-electron chi connectivity index (χ4n) is 5.08. The van der Waals surface area contributed by atoms with Crippen LogP contribution in [0, 0.1) is 5.41 Å². The summed E-state index contributed by atoms with van der Waals surface area (Å²) in [7, 11) is 0. The van der Waals surface area contributed by atoms with E-state index < -0.39 is 0 Å². The summed E-state index contributed by atoms with van der Waals surface area (Å²) in [6.45, 7) is 14.7. The molecule has 0 spiro atoms. The molecular formula is C36H67N3O7. The molecule has 2 atom stereocenters. The maximum absolute atomic E-state index is 12.0. The van der Waals surface area contributed by atoms with Crippen molar-refractivity contribution in [1.82, 2.24) is 16.0 Å². The van der Waals surface area contributed by atoms with Gasteiger partial charge >= 0.3 is 0 Å². The number of amides is 3. The minimum Gasteiger partial charge on any atom is -0.393 e. The minimum absolute atomic E-state index is 0.00125. The van der Waals surface area contributed by atoms with Crippen molar-refractivity contribution in [3.05, 3.63) is 12.2 Å². The van der Waals surface area contributed by atoms with Crippen LogP contribution in [0.2, 0.25) is 0 Å². The van der Waals surface area contributed by atoms with E-state index in [4.69, 9.17) is 14.2 Å². The summed E-state index contributed by atoms with van der Waals surface area (Å²) in [6.07, 6.45) is 15.1. The summed E-state index contributed by atoms with van der Waals surface area (Å²) in [5.74, 6) is -0.0274. The maximum atomic E-state index is 12.0. The van der Waals surface area contributed by atoms with Crippen LogP contribution < -0.4 is 16.0 Å². The van der Waals surface area contributed by atoms with Crippen LogP contribution in [0.4, 0.5) is 0 Å². The normalized spacial score (nSPS) is 16.6. The molecule has 1 saturated heterocycles. The number of ether oxygens (including phenoxy) is 3. The average Bonchev–Trinajstić information content (AvgIpc) is 3.00. The van der Waals surface area contributed by atoms with Crippen molar-refractivity contribution in [3.8, 4) is 0 Å². The van der Waals surface area contributed by atoms with Gasteiger partial charge in [0.05, 0.1) is 32.0 Å². The lowest BCUT2D eigenvalue weighted by molar-refractivity contribution is -0.123. The first-order valence-corrected chi connectivity index (χ1v) is 18.0. The van der Waals surface area contributed by atoms with Gasteiger partial charge in [0.15, 0.2) is 0 Å². The largest absolute Gasteiger partial charge is 0.393 e. The molecule has 10 heteroatoms. The highest BCUT2D eigenvalue weighted by Gasteiger charge is 2.20. The number of hydrogen-bond donors (Lipinski definition) is 4. The van der Waals surface area contributed by atoms with E-state index >= 15 is 0 Å². The Hall–Kier alpha value is -2.01. The summed E-state index contributed by atoms with van der Waals surface area (Å²) >= 11 is 0. The first-order valence-electron chi connectivity index (χ1n) is 18.0. The first kappa shape index (κ1) is 42.0.